The average Bonchev–Trinajstić information content (AvgIpc) is 2.73. The van der Waals surface area contributed by atoms with Crippen molar-refractivity contribution in [2.45, 2.75) is 71.3 Å². The Labute approximate surface area is 134 Å². The molecule has 1 saturated carbocycles. The third-order valence-corrected chi connectivity index (χ3v) is 4.33. The Morgan fingerprint density at radius 2 is 1.86 bits per heavy atom. The van der Waals surface area contributed by atoms with Gasteiger partial charge in [0.1, 0.15) is 5.75 Å². The van der Waals surface area contributed by atoms with Gasteiger partial charge in [-0.3, -0.25) is 4.79 Å². The van der Waals surface area contributed by atoms with E-state index in [9.17, 15) is 4.79 Å². The first kappa shape index (κ1) is 16.9. The van der Waals surface area contributed by atoms with Gasteiger partial charge in [-0.1, -0.05) is 45.6 Å². The fourth-order valence-electron chi connectivity index (χ4n) is 3.04. The SMILES string of the molecule is Cc1cc(OCC(=O)NC2CCCCCC2)cc(C(C)C)c1. The summed E-state index contributed by atoms with van der Waals surface area (Å²) in [5, 5.41) is 3.12. The lowest BCUT2D eigenvalue weighted by Crippen LogP contribution is -2.37. The number of benzene rings is 1. The van der Waals surface area contributed by atoms with Crippen molar-refractivity contribution in [1.82, 2.24) is 5.32 Å². The Morgan fingerprint density at radius 1 is 1.18 bits per heavy atom. The summed E-state index contributed by atoms with van der Waals surface area (Å²) in [6.07, 6.45) is 7.25. The summed E-state index contributed by atoms with van der Waals surface area (Å²) >= 11 is 0. The van der Waals surface area contributed by atoms with E-state index in [4.69, 9.17) is 4.74 Å². The van der Waals surface area contributed by atoms with E-state index in [-0.39, 0.29) is 12.5 Å². The van der Waals surface area contributed by atoms with Gasteiger partial charge in [0.25, 0.3) is 5.91 Å². The molecule has 3 nitrogen and oxygen atoms in total. The van der Waals surface area contributed by atoms with Crippen LogP contribution in [0.1, 0.15) is 69.4 Å². The third kappa shape index (κ3) is 5.36. The Balaban J connectivity index is 1.85. The molecule has 0 unspecified atom stereocenters. The smallest absolute Gasteiger partial charge is 0.258 e. The molecule has 1 aliphatic rings. The molecule has 0 radical (unpaired) electrons. The molecule has 3 heteroatoms. The molecule has 0 heterocycles. The van der Waals surface area contributed by atoms with Crippen LogP contribution in [0.2, 0.25) is 0 Å². The Bertz CT molecular complexity index is 488. The van der Waals surface area contributed by atoms with Crippen LogP contribution in [0.25, 0.3) is 0 Å². The number of hydrogen-bond donors (Lipinski definition) is 1. The minimum atomic E-state index is -0.000460. The molecule has 1 aliphatic carbocycles. The lowest BCUT2D eigenvalue weighted by molar-refractivity contribution is -0.123. The van der Waals surface area contributed by atoms with E-state index in [2.05, 4.69) is 32.2 Å². The van der Waals surface area contributed by atoms with Gasteiger partial charge in [-0.05, 0) is 48.9 Å². The maximum atomic E-state index is 12.1. The zero-order valence-electron chi connectivity index (χ0n) is 14.2. The third-order valence-electron chi connectivity index (χ3n) is 4.33. The minimum absolute atomic E-state index is 0.000460. The van der Waals surface area contributed by atoms with Crippen LogP contribution in [0.15, 0.2) is 18.2 Å². The summed E-state index contributed by atoms with van der Waals surface area (Å²) < 4.78 is 5.70. The highest BCUT2D eigenvalue weighted by molar-refractivity contribution is 5.77. The van der Waals surface area contributed by atoms with Gasteiger partial charge in [0, 0.05) is 6.04 Å². The standard InChI is InChI=1S/C19H29NO2/c1-14(2)16-10-15(3)11-18(12-16)22-13-19(21)20-17-8-6-4-5-7-9-17/h10-12,14,17H,4-9,13H2,1-3H3,(H,20,21). The molecule has 0 saturated heterocycles. The van der Waals surface area contributed by atoms with Crippen molar-refractivity contribution in [2.24, 2.45) is 0 Å². The molecule has 0 spiro atoms. The van der Waals surface area contributed by atoms with Gasteiger partial charge in [-0.25, -0.2) is 0 Å². The fraction of sp³-hybridized carbons (Fsp3) is 0.632. The van der Waals surface area contributed by atoms with E-state index >= 15 is 0 Å². The Kier molecular flexibility index (Phi) is 6.29. The van der Waals surface area contributed by atoms with E-state index in [1.807, 2.05) is 12.1 Å². The van der Waals surface area contributed by atoms with E-state index in [0.29, 0.717) is 12.0 Å². The maximum Gasteiger partial charge on any atom is 0.258 e. The number of carbonyl (C=O) groups is 1. The molecule has 122 valence electrons. The van der Waals surface area contributed by atoms with Gasteiger partial charge in [-0.2, -0.15) is 0 Å². The van der Waals surface area contributed by atoms with Crippen molar-refractivity contribution < 1.29 is 9.53 Å². The fourth-order valence-corrected chi connectivity index (χ4v) is 3.04. The van der Waals surface area contributed by atoms with E-state index in [0.717, 1.165) is 18.6 Å². The van der Waals surface area contributed by atoms with Crippen LogP contribution >= 0.6 is 0 Å². The van der Waals surface area contributed by atoms with Crippen LogP contribution < -0.4 is 10.1 Å². The molecule has 0 bridgehead atoms. The van der Waals surface area contributed by atoms with Gasteiger partial charge in [-0.15, -0.1) is 0 Å². The van der Waals surface area contributed by atoms with Crippen LogP contribution in [-0.2, 0) is 4.79 Å². The number of amides is 1. The maximum absolute atomic E-state index is 12.1. The normalized spacial score (nSPS) is 16.4. The highest BCUT2D eigenvalue weighted by atomic mass is 16.5. The summed E-state index contributed by atoms with van der Waals surface area (Å²) in [4.78, 5) is 12.1. The van der Waals surface area contributed by atoms with Crippen LogP contribution in [-0.4, -0.2) is 18.6 Å². The number of hydrogen-bond acceptors (Lipinski definition) is 2. The first-order valence-electron chi connectivity index (χ1n) is 8.58. The zero-order valence-corrected chi connectivity index (χ0v) is 14.2. The molecule has 1 amide bonds. The van der Waals surface area contributed by atoms with Crippen molar-refractivity contribution in [1.29, 1.82) is 0 Å². The monoisotopic (exact) mass is 303 g/mol. The van der Waals surface area contributed by atoms with Gasteiger partial charge < -0.3 is 10.1 Å². The second-order valence-electron chi connectivity index (χ2n) is 6.78. The highest BCUT2D eigenvalue weighted by Crippen LogP contribution is 2.23. The van der Waals surface area contributed by atoms with E-state index in [1.165, 1.54) is 36.8 Å². The molecular weight excluding hydrogens is 274 g/mol. The van der Waals surface area contributed by atoms with Crippen LogP contribution in [0.3, 0.4) is 0 Å². The van der Waals surface area contributed by atoms with Crippen LogP contribution in [0.4, 0.5) is 0 Å². The lowest BCUT2D eigenvalue weighted by Gasteiger charge is -2.17. The first-order chi connectivity index (χ1) is 10.5. The second kappa shape index (κ2) is 8.21. The summed E-state index contributed by atoms with van der Waals surface area (Å²) in [6.45, 7) is 6.50. The van der Waals surface area contributed by atoms with Gasteiger partial charge in [0.15, 0.2) is 6.61 Å². The zero-order chi connectivity index (χ0) is 15.9. The molecule has 1 aromatic carbocycles. The first-order valence-corrected chi connectivity index (χ1v) is 8.58. The number of ether oxygens (including phenoxy) is 1. The van der Waals surface area contributed by atoms with Gasteiger partial charge in [0.2, 0.25) is 0 Å². The second-order valence-corrected chi connectivity index (χ2v) is 6.78. The number of carbonyl (C=O) groups excluding carboxylic acids is 1. The molecule has 0 atom stereocenters. The molecule has 1 fully saturated rings. The molecule has 1 aromatic rings. The van der Waals surface area contributed by atoms with E-state index in [1.54, 1.807) is 0 Å². The minimum Gasteiger partial charge on any atom is -0.484 e. The molecule has 22 heavy (non-hydrogen) atoms. The van der Waals surface area contributed by atoms with Crippen LogP contribution in [0.5, 0.6) is 5.75 Å². The topological polar surface area (TPSA) is 38.3 Å². The quantitative estimate of drug-likeness (QED) is 0.822. The molecule has 2 rings (SSSR count). The number of nitrogens with one attached hydrogen (secondary N) is 1. The predicted octanol–water partition coefficient (Wildman–Crippen LogP) is 4.34. The summed E-state index contributed by atoms with van der Waals surface area (Å²) in [6, 6.07) is 6.53. The molecule has 0 aromatic heterocycles. The van der Waals surface area contributed by atoms with Crippen molar-refractivity contribution in [3.63, 3.8) is 0 Å². The summed E-state index contributed by atoms with van der Waals surface area (Å²) in [7, 11) is 0. The van der Waals surface area contributed by atoms with E-state index < -0.39 is 0 Å². The highest BCUT2D eigenvalue weighted by Gasteiger charge is 2.15. The molecular formula is C19H29NO2. The Hall–Kier alpha value is -1.51. The van der Waals surface area contributed by atoms with Crippen molar-refractivity contribution in [2.75, 3.05) is 6.61 Å². The van der Waals surface area contributed by atoms with Crippen molar-refractivity contribution >= 4 is 5.91 Å². The predicted molar refractivity (Wildman–Crippen MR) is 90.4 cm³/mol. The number of rotatable bonds is 5. The van der Waals surface area contributed by atoms with Crippen molar-refractivity contribution in [3.05, 3.63) is 29.3 Å². The lowest BCUT2D eigenvalue weighted by atomic mass is 10.0. The van der Waals surface area contributed by atoms with Gasteiger partial charge >= 0.3 is 0 Å². The van der Waals surface area contributed by atoms with Gasteiger partial charge in [0.05, 0.1) is 0 Å². The van der Waals surface area contributed by atoms with Crippen molar-refractivity contribution in [3.8, 4) is 5.75 Å². The van der Waals surface area contributed by atoms with Crippen LogP contribution in [0, 0.1) is 6.92 Å². The summed E-state index contributed by atoms with van der Waals surface area (Å²) in [5.74, 6) is 1.25. The largest absolute Gasteiger partial charge is 0.484 e. The average molecular weight is 303 g/mol. The summed E-state index contributed by atoms with van der Waals surface area (Å²) in [5.41, 5.74) is 2.42. The molecule has 1 N–H and O–H groups in total. The number of aryl methyl sites for hydroxylation is 1. The Morgan fingerprint density at radius 3 is 2.50 bits per heavy atom. The molecule has 0 aliphatic heterocycles.